The van der Waals surface area contributed by atoms with Crippen LogP contribution in [0.5, 0.6) is 0 Å². The maximum absolute atomic E-state index is 11.9. The number of nitrogens with one attached hydrogen (secondary N) is 1. The highest BCUT2D eigenvalue weighted by Crippen LogP contribution is 2.20. The molecule has 0 aliphatic carbocycles. The van der Waals surface area contributed by atoms with E-state index in [0.717, 1.165) is 10.4 Å². The minimum Gasteiger partial charge on any atom is -0.351 e. The summed E-state index contributed by atoms with van der Waals surface area (Å²) in [6.07, 6.45) is 0.286. The van der Waals surface area contributed by atoms with Crippen LogP contribution in [-0.2, 0) is 10.0 Å². The Morgan fingerprint density at radius 1 is 1.50 bits per heavy atom. The largest absolute Gasteiger partial charge is 0.351 e. The van der Waals surface area contributed by atoms with Crippen molar-refractivity contribution in [3.63, 3.8) is 0 Å². The van der Waals surface area contributed by atoms with E-state index in [4.69, 9.17) is 10.9 Å². The number of rotatable bonds is 5. The van der Waals surface area contributed by atoms with Crippen LogP contribution in [0.2, 0.25) is 0 Å². The minimum atomic E-state index is -3.48. The smallest absolute Gasteiger partial charge is 0.261 e. The first-order chi connectivity index (χ1) is 9.33. The van der Waals surface area contributed by atoms with Crippen LogP contribution >= 0.6 is 11.3 Å². The molecule has 6 nitrogen and oxygen atoms in total. The van der Waals surface area contributed by atoms with Crippen molar-refractivity contribution in [2.45, 2.75) is 13.3 Å². The molecule has 110 valence electrons. The zero-order valence-corrected chi connectivity index (χ0v) is 12.7. The molecule has 0 aromatic carbocycles. The molecule has 0 aliphatic rings. The fourth-order valence-corrected chi connectivity index (χ4v) is 2.92. The van der Waals surface area contributed by atoms with Crippen molar-refractivity contribution in [2.24, 2.45) is 10.9 Å². The van der Waals surface area contributed by atoms with Gasteiger partial charge in [0, 0.05) is 6.54 Å². The van der Waals surface area contributed by atoms with E-state index in [9.17, 15) is 13.2 Å². The molecule has 5 N–H and O–H groups in total. The molecule has 1 heterocycles. The molecule has 1 aromatic rings. The average molecular weight is 315 g/mol. The monoisotopic (exact) mass is 315 g/mol. The molecule has 0 saturated carbocycles. The van der Waals surface area contributed by atoms with Gasteiger partial charge < -0.3 is 11.1 Å². The van der Waals surface area contributed by atoms with Gasteiger partial charge in [0.05, 0.1) is 22.1 Å². The molecule has 0 spiro atoms. The number of primary sulfonamides is 1. The molecular weight excluding hydrogens is 298 g/mol. The molecule has 0 unspecified atom stereocenters. The van der Waals surface area contributed by atoms with Gasteiger partial charge in [-0.2, -0.15) is 0 Å². The number of aryl methyl sites for hydroxylation is 1. The zero-order valence-electron chi connectivity index (χ0n) is 11.1. The lowest BCUT2D eigenvalue weighted by atomic mass is 10.2. The Kier molecular flexibility index (Phi) is 6.16. The van der Waals surface area contributed by atoms with Gasteiger partial charge in [0.1, 0.15) is 0 Å². The Morgan fingerprint density at radius 3 is 2.80 bits per heavy atom. The van der Waals surface area contributed by atoms with Crippen LogP contribution in [-0.4, -0.2) is 33.2 Å². The normalized spacial score (nSPS) is 10.8. The topological polar surface area (TPSA) is 115 Å². The van der Waals surface area contributed by atoms with E-state index in [1.165, 1.54) is 11.3 Å². The molecule has 0 fully saturated rings. The Bertz CT molecular complexity index is 639. The number of thiophene rings is 1. The van der Waals surface area contributed by atoms with Gasteiger partial charge in [0.15, 0.2) is 0 Å². The Labute approximate surface area is 122 Å². The molecular formula is C12H17N3O3S2. The first-order valence-corrected chi connectivity index (χ1v) is 8.44. The third kappa shape index (κ3) is 5.71. The Morgan fingerprint density at radius 2 is 2.20 bits per heavy atom. The van der Waals surface area contributed by atoms with Gasteiger partial charge in [-0.15, -0.1) is 11.3 Å². The summed E-state index contributed by atoms with van der Waals surface area (Å²) in [5.41, 5.74) is 6.22. The zero-order chi connectivity index (χ0) is 15.2. The van der Waals surface area contributed by atoms with Gasteiger partial charge in [-0.3, -0.25) is 4.79 Å². The predicted molar refractivity (Wildman–Crippen MR) is 79.9 cm³/mol. The quantitative estimate of drug-likeness (QED) is 0.514. The van der Waals surface area contributed by atoms with E-state index < -0.39 is 10.0 Å². The molecule has 1 amide bonds. The van der Waals surface area contributed by atoms with Gasteiger partial charge in [-0.05, 0) is 25.0 Å². The minimum absolute atomic E-state index is 0.149. The lowest BCUT2D eigenvalue weighted by Gasteiger charge is -2.02. The molecule has 0 saturated heterocycles. The second kappa shape index (κ2) is 7.40. The van der Waals surface area contributed by atoms with Gasteiger partial charge in [-0.25, -0.2) is 13.6 Å². The lowest BCUT2D eigenvalue weighted by molar-refractivity contribution is 0.0957. The first-order valence-electron chi connectivity index (χ1n) is 5.91. The molecule has 1 aromatic heterocycles. The van der Waals surface area contributed by atoms with Crippen molar-refractivity contribution in [1.82, 2.24) is 5.32 Å². The second-order valence-electron chi connectivity index (χ2n) is 4.11. The van der Waals surface area contributed by atoms with Crippen molar-refractivity contribution >= 4 is 27.3 Å². The van der Waals surface area contributed by atoms with Crippen molar-refractivity contribution < 1.29 is 13.2 Å². The molecule has 1 rings (SSSR count). The number of nitrogens with two attached hydrogens (primary N) is 2. The highest BCUT2D eigenvalue weighted by molar-refractivity contribution is 7.89. The fourth-order valence-electron chi connectivity index (χ4n) is 1.41. The number of carbonyl (C=O) groups is 1. The van der Waals surface area contributed by atoms with Crippen LogP contribution in [0.1, 0.15) is 26.5 Å². The van der Waals surface area contributed by atoms with Gasteiger partial charge in [0.2, 0.25) is 10.0 Å². The van der Waals surface area contributed by atoms with Crippen molar-refractivity contribution in [3.05, 3.63) is 21.4 Å². The van der Waals surface area contributed by atoms with E-state index in [0.29, 0.717) is 4.88 Å². The van der Waals surface area contributed by atoms with E-state index in [2.05, 4.69) is 17.2 Å². The van der Waals surface area contributed by atoms with Crippen molar-refractivity contribution in [2.75, 3.05) is 18.8 Å². The van der Waals surface area contributed by atoms with Crippen LogP contribution in [0.4, 0.5) is 0 Å². The maximum Gasteiger partial charge on any atom is 0.261 e. The summed E-state index contributed by atoms with van der Waals surface area (Å²) in [5, 5.41) is 7.52. The number of amides is 1. The average Bonchev–Trinajstić information content (AvgIpc) is 2.72. The SMILES string of the molecule is Cc1cc(C(=O)NCCCS(N)(=O)=O)sc1C#CCN. The standard InChI is InChI=1S/C12H17N3O3S2/c1-9-8-11(19-10(9)4-2-5-13)12(16)15-6-3-7-20(14,17)18/h8H,3,5-7,13H2,1H3,(H,15,16)(H2,14,17,18). The molecule has 8 heteroatoms. The third-order valence-corrected chi connectivity index (χ3v) is 4.35. The number of hydrogen-bond acceptors (Lipinski definition) is 5. The van der Waals surface area contributed by atoms with Crippen LogP contribution in [0, 0.1) is 18.8 Å². The lowest BCUT2D eigenvalue weighted by Crippen LogP contribution is -2.26. The summed E-state index contributed by atoms with van der Waals surface area (Å²) in [7, 11) is -3.48. The summed E-state index contributed by atoms with van der Waals surface area (Å²) in [5.74, 6) is 5.25. The summed E-state index contributed by atoms with van der Waals surface area (Å²) in [6, 6.07) is 1.75. The summed E-state index contributed by atoms with van der Waals surface area (Å²) in [6.45, 7) is 2.40. The van der Waals surface area contributed by atoms with Crippen molar-refractivity contribution in [3.8, 4) is 11.8 Å². The highest BCUT2D eigenvalue weighted by Gasteiger charge is 2.11. The van der Waals surface area contributed by atoms with E-state index in [-0.39, 0.29) is 31.2 Å². The van der Waals surface area contributed by atoms with Crippen LogP contribution in [0.25, 0.3) is 0 Å². The summed E-state index contributed by atoms with van der Waals surface area (Å²) in [4.78, 5) is 13.2. The van der Waals surface area contributed by atoms with Gasteiger partial charge in [-0.1, -0.05) is 11.8 Å². The maximum atomic E-state index is 11.9. The van der Waals surface area contributed by atoms with Crippen LogP contribution in [0.15, 0.2) is 6.07 Å². The van der Waals surface area contributed by atoms with Crippen molar-refractivity contribution in [1.29, 1.82) is 0 Å². The molecule has 0 bridgehead atoms. The number of carbonyl (C=O) groups excluding carboxylic acids is 1. The summed E-state index contributed by atoms with van der Waals surface area (Å²) < 4.78 is 21.5. The molecule has 0 aliphatic heterocycles. The summed E-state index contributed by atoms with van der Waals surface area (Å²) >= 11 is 1.29. The Balaban J connectivity index is 2.56. The van der Waals surface area contributed by atoms with E-state index in [1.807, 2.05) is 6.92 Å². The van der Waals surface area contributed by atoms with Gasteiger partial charge in [0.25, 0.3) is 5.91 Å². The molecule has 0 radical (unpaired) electrons. The van der Waals surface area contributed by atoms with Crippen LogP contribution in [0.3, 0.4) is 0 Å². The highest BCUT2D eigenvalue weighted by atomic mass is 32.2. The molecule has 20 heavy (non-hydrogen) atoms. The van der Waals surface area contributed by atoms with E-state index in [1.54, 1.807) is 6.07 Å². The fraction of sp³-hybridized carbons (Fsp3) is 0.417. The van der Waals surface area contributed by atoms with Crippen LogP contribution < -0.4 is 16.2 Å². The second-order valence-corrected chi connectivity index (χ2v) is 6.89. The van der Waals surface area contributed by atoms with E-state index >= 15 is 0 Å². The third-order valence-electron chi connectivity index (χ3n) is 2.34. The molecule has 0 atom stereocenters. The van der Waals surface area contributed by atoms with Gasteiger partial charge >= 0.3 is 0 Å². The Hall–Kier alpha value is -1.40. The first kappa shape index (κ1) is 16.7. The predicted octanol–water partition coefficient (Wildman–Crippen LogP) is -0.225. The number of hydrogen-bond donors (Lipinski definition) is 3. The number of sulfonamides is 1.